The zero-order chi connectivity index (χ0) is 21.3. The second kappa shape index (κ2) is 16.5. The molecule has 2 N–H and O–H groups in total. The summed E-state index contributed by atoms with van der Waals surface area (Å²) in [5.41, 5.74) is 0.581. The third-order valence-electron chi connectivity index (χ3n) is 5.16. The number of carboxylic acid groups (broad SMARTS) is 1. The summed E-state index contributed by atoms with van der Waals surface area (Å²) < 4.78 is 0. The smallest absolute Gasteiger partial charge is 0.317 e. The van der Waals surface area contributed by atoms with Crippen LogP contribution in [0.25, 0.3) is 0 Å². The van der Waals surface area contributed by atoms with E-state index in [-0.39, 0.29) is 5.56 Å². The van der Waals surface area contributed by atoms with Gasteiger partial charge in [0, 0.05) is 11.8 Å². The van der Waals surface area contributed by atoms with Gasteiger partial charge in [-0.15, -0.1) is 0 Å². The Morgan fingerprint density at radius 1 is 0.966 bits per heavy atom. The summed E-state index contributed by atoms with van der Waals surface area (Å²) in [6.07, 6.45) is 16.9. The maximum absolute atomic E-state index is 12.0. The molecular weight excluding hydrogens is 384 g/mol. The number of hydrogen-bond acceptors (Lipinski definition) is 4. The molecule has 0 bridgehead atoms. The standard InChI is InChI=1S/C23H40N2O3S/c1-3-5-7-9-10-11-12-13-14-16-19-18-21(26)25-23(24-19)29-20(22(27)28)17-15-8-6-4-2/h18,20H,3-17H2,1-2H3,(H,27,28)(H,24,25,26). The zero-order valence-electron chi connectivity index (χ0n) is 18.4. The van der Waals surface area contributed by atoms with Crippen LogP contribution in [0.5, 0.6) is 0 Å². The predicted octanol–water partition coefficient (Wildman–Crippen LogP) is 6.36. The van der Waals surface area contributed by atoms with Crippen molar-refractivity contribution in [2.75, 3.05) is 0 Å². The zero-order valence-corrected chi connectivity index (χ0v) is 19.2. The van der Waals surface area contributed by atoms with Crippen LogP contribution in [-0.4, -0.2) is 26.3 Å². The fourth-order valence-electron chi connectivity index (χ4n) is 3.41. The molecule has 166 valence electrons. The third-order valence-corrected chi connectivity index (χ3v) is 6.30. The lowest BCUT2D eigenvalue weighted by atomic mass is 10.1. The Morgan fingerprint density at radius 3 is 2.10 bits per heavy atom. The molecule has 0 saturated heterocycles. The number of aliphatic carboxylic acids is 1. The van der Waals surface area contributed by atoms with Crippen molar-refractivity contribution in [2.24, 2.45) is 0 Å². The normalized spacial score (nSPS) is 12.2. The number of rotatable bonds is 18. The minimum Gasteiger partial charge on any atom is -0.480 e. The number of hydrogen-bond donors (Lipinski definition) is 2. The predicted molar refractivity (Wildman–Crippen MR) is 122 cm³/mol. The van der Waals surface area contributed by atoms with E-state index >= 15 is 0 Å². The highest BCUT2D eigenvalue weighted by Crippen LogP contribution is 2.24. The molecule has 6 heteroatoms. The largest absolute Gasteiger partial charge is 0.480 e. The molecule has 0 amide bonds. The Hall–Kier alpha value is -1.30. The number of aromatic amines is 1. The highest BCUT2D eigenvalue weighted by molar-refractivity contribution is 8.00. The van der Waals surface area contributed by atoms with E-state index in [1.165, 1.54) is 56.7 Å². The van der Waals surface area contributed by atoms with Crippen LogP contribution < -0.4 is 5.56 Å². The summed E-state index contributed by atoms with van der Waals surface area (Å²) in [5.74, 6) is -0.835. The molecule has 0 saturated carbocycles. The van der Waals surface area contributed by atoms with E-state index < -0.39 is 11.2 Å². The van der Waals surface area contributed by atoms with E-state index in [2.05, 4.69) is 23.8 Å². The molecule has 5 nitrogen and oxygen atoms in total. The number of carbonyl (C=O) groups is 1. The maximum Gasteiger partial charge on any atom is 0.317 e. The number of carboxylic acids is 1. The van der Waals surface area contributed by atoms with Gasteiger partial charge in [-0.05, 0) is 19.3 Å². The van der Waals surface area contributed by atoms with Crippen molar-refractivity contribution < 1.29 is 9.90 Å². The van der Waals surface area contributed by atoms with E-state index in [4.69, 9.17) is 0 Å². The molecule has 0 aromatic carbocycles. The van der Waals surface area contributed by atoms with Crippen LogP contribution in [0, 0.1) is 0 Å². The third kappa shape index (κ3) is 12.8. The Balaban J connectivity index is 2.40. The van der Waals surface area contributed by atoms with Crippen molar-refractivity contribution in [3.05, 3.63) is 22.1 Å². The molecule has 1 unspecified atom stereocenters. The number of aryl methyl sites for hydroxylation is 1. The Labute approximate surface area is 180 Å². The second-order valence-corrected chi connectivity index (χ2v) is 9.11. The van der Waals surface area contributed by atoms with Crippen LogP contribution in [0.3, 0.4) is 0 Å². The van der Waals surface area contributed by atoms with Gasteiger partial charge in [-0.25, -0.2) is 4.98 Å². The minimum atomic E-state index is -0.835. The van der Waals surface area contributed by atoms with Gasteiger partial charge in [-0.3, -0.25) is 9.59 Å². The molecule has 1 rings (SSSR count). The van der Waals surface area contributed by atoms with Gasteiger partial charge in [0.05, 0.1) is 0 Å². The van der Waals surface area contributed by atoms with E-state index in [0.29, 0.717) is 11.6 Å². The van der Waals surface area contributed by atoms with Gasteiger partial charge in [0.1, 0.15) is 5.25 Å². The summed E-state index contributed by atoms with van der Waals surface area (Å²) in [4.78, 5) is 30.7. The highest BCUT2D eigenvalue weighted by Gasteiger charge is 2.20. The number of nitrogens with one attached hydrogen (secondary N) is 1. The molecule has 1 atom stereocenters. The number of nitrogens with zero attached hydrogens (tertiary/aromatic N) is 1. The van der Waals surface area contributed by atoms with E-state index in [9.17, 15) is 14.7 Å². The summed E-state index contributed by atoms with van der Waals surface area (Å²) in [5, 5.41) is 9.36. The molecule has 29 heavy (non-hydrogen) atoms. The van der Waals surface area contributed by atoms with Gasteiger partial charge >= 0.3 is 5.97 Å². The Kier molecular flexibility index (Phi) is 14.6. The van der Waals surface area contributed by atoms with Gasteiger partial charge in [-0.2, -0.15) is 0 Å². The van der Waals surface area contributed by atoms with Crippen LogP contribution in [0.4, 0.5) is 0 Å². The first-order valence-corrected chi connectivity index (χ1v) is 12.4. The Bertz CT molecular complexity index is 618. The lowest BCUT2D eigenvalue weighted by molar-refractivity contribution is -0.136. The first-order chi connectivity index (χ1) is 14.1. The molecule has 0 aliphatic carbocycles. The average Bonchev–Trinajstić information content (AvgIpc) is 2.68. The summed E-state index contributed by atoms with van der Waals surface area (Å²) in [7, 11) is 0. The Morgan fingerprint density at radius 2 is 1.52 bits per heavy atom. The van der Waals surface area contributed by atoms with Crippen molar-refractivity contribution in [2.45, 2.75) is 121 Å². The lowest BCUT2D eigenvalue weighted by Crippen LogP contribution is -2.18. The molecular formula is C23H40N2O3S. The maximum atomic E-state index is 12.0. The molecule has 0 radical (unpaired) electrons. The van der Waals surface area contributed by atoms with Crippen LogP contribution in [0.2, 0.25) is 0 Å². The molecule has 0 spiro atoms. The van der Waals surface area contributed by atoms with Crippen LogP contribution in [-0.2, 0) is 11.2 Å². The first kappa shape index (κ1) is 25.7. The van der Waals surface area contributed by atoms with Crippen molar-refractivity contribution >= 4 is 17.7 Å². The first-order valence-electron chi connectivity index (χ1n) is 11.6. The van der Waals surface area contributed by atoms with Gasteiger partial charge < -0.3 is 10.1 Å². The number of aromatic nitrogens is 2. The molecule has 0 aliphatic rings. The van der Waals surface area contributed by atoms with Gasteiger partial charge in [0.2, 0.25) is 0 Å². The number of thioether (sulfide) groups is 1. The van der Waals surface area contributed by atoms with Crippen molar-refractivity contribution in [3.8, 4) is 0 Å². The monoisotopic (exact) mass is 424 g/mol. The van der Waals surface area contributed by atoms with Crippen LogP contribution in [0.1, 0.15) is 109 Å². The SMILES string of the molecule is CCCCCCCCCCCc1cc(=O)[nH]c(SC(CCCCCC)C(=O)O)n1. The average molecular weight is 425 g/mol. The van der Waals surface area contributed by atoms with Gasteiger partial charge in [0.15, 0.2) is 5.16 Å². The number of H-pyrrole nitrogens is 1. The van der Waals surface area contributed by atoms with Crippen molar-refractivity contribution in [1.82, 2.24) is 9.97 Å². The highest BCUT2D eigenvalue weighted by atomic mass is 32.2. The van der Waals surface area contributed by atoms with E-state index in [1.807, 2.05) is 0 Å². The fraction of sp³-hybridized carbons (Fsp3) is 0.783. The summed E-state index contributed by atoms with van der Waals surface area (Å²) in [6, 6.07) is 1.55. The molecule has 0 aliphatic heterocycles. The molecule has 0 fully saturated rings. The minimum absolute atomic E-state index is 0.191. The molecule has 1 heterocycles. The topological polar surface area (TPSA) is 83.0 Å². The van der Waals surface area contributed by atoms with E-state index in [0.717, 1.165) is 50.6 Å². The molecule has 1 aromatic heterocycles. The number of unbranched alkanes of at least 4 members (excludes halogenated alkanes) is 11. The van der Waals surface area contributed by atoms with Gasteiger partial charge in [-0.1, -0.05) is 103 Å². The quantitative estimate of drug-likeness (QED) is 0.163. The molecule has 1 aromatic rings. The van der Waals surface area contributed by atoms with Crippen LogP contribution in [0.15, 0.2) is 16.0 Å². The van der Waals surface area contributed by atoms with Gasteiger partial charge in [0.25, 0.3) is 5.56 Å². The lowest BCUT2D eigenvalue weighted by Gasteiger charge is -2.11. The van der Waals surface area contributed by atoms with Crippen molar-refractivity contribution in [1.29, 1.82) is 0 Å². The summed E-state index contributed by atoms with van der Waals surface area (Å²) in [6.45, 7) is 4.37. The van der Waals surface area contributed by atoms with E-state index in [1.54, 1.807) is 6.07 Å². The van der Waals surface area contributed by atoms with Crippen LogP contribution >= 0.6 is 11.8 Å². The second-order valence-electron chi connectivity index (χ2n) is 7.91. The van der Waals surface area contributed by atoms with Crippen molar-refractivity contribution in [3.63, 3.8) is 0 Å². The fourth-order valence-corrected chi connectivity index (χ4v) is 4.39. The summed E-state index contributed by atoms with van der Waals surface area (Å²) >= 11 is 1.17.